The zero-order valence-corrected chi connectivity index (χ0v) is 18.5. The third kappa shape index (κ3) is 3.37. The fourth-order valence-electron chi connectivity index (χ4n) is 5.24. The molecular weight excluding hydrogens is 426 g/mol. The van der Waals surface area contributed by atoms with E-state index >= 15 is 0 Å². The number of benzene rings is 3. The van der Waals surface area contributed by atoms with Crippen molar-refractivity contribution in [2.75, 3.05) is 11.9 Å². The third-order valence-corrected chi connectivity index (χ3v) is 6.83. The van der Waals surface area contributed by atoms with E-state index < -0.39 is 5.91 Å². The van der Waals surface area contributed by atoms with Crippen LogP contribution in [-0.2, 0) is 19.4 Å². The largest absolute Gasteiger partial charge is 0.364 e. The number of primary amides is 1. The van der Waals surface area contributed by atoms with E-state index in [1.54, 1.807) is 0 Å². The van der Waals surface area contributed by atoms with Crippen LogP contribution in [0.2, 0.25) is 0 Å². The molecule has 6 rings (SSSR count). The third-order valence-electron chi connectivity index (χ3n) is 6.83. The van der Waals surface area contributed by atoms with Gasteiger partial charge in [-0.25, -0.2) is 9.97 Å². The molecule has 1 unspecified atom stereocenters. The molecular formula is C27H23N5O2. The molecule has 1 aliphatic heterocycles. The van der Waals surface area contributed by atoms with E-state index in [-0.39, 0.29) is 17.6 Å². The number of fused-ring (bicyclic) bond motifs is 1. The number of amides is 2. The lowest BCUT2D eigenvalue weighted by atomic mass is 9.93. The van der Waals surface area contributed by atoms with Crippen LogP contribution in [0.5, 0.6) is 0 Å². The maximum Gasteiger partial charge on any atom is 0.267 e. The Balaban J connectivity index is 1.36. The number of nitrogens with one attached hydrogen (secondary N) is 1. The van der Waals surface area contributed by atoms with E-state index in [9.17, 15) is 9.59 Å². The van der Waals surface area contributed by atoms with Gasteiger partial charge < -0.3 is 16.0 Å². The Labute approximate surface area is 196 Å². The van der Waals surface area contributed by atoms with E-state index in [0.717, 1.165) is 34.9 Å². The number of hydrogen-bond donors (Lipinski definition) is 2. The highest BCUT2D eigenvalue weighted by molar-refractivity contribution is 6.09. The molecule has 2 heterocycles. The van der Waals surface area contributed by atoms with Crippen LogP contribution < -0.4 is 11.1 Å². The molecule has 0 fully saturated rings. The molecule has 0 spiro atoms. The predicted molar refractivity (Wildman–Crippen MR) is 129 cm³/mol. The summed E-state index contributed by atoms with van der Waals surface area (Å²) in [7, 11) is 0. The van der Waals surface area contributed by atoms with Gasteiger partial charge in [0.25, 0.3) is 11.8 Å². The first-order valence-electron chi connectivity index (χ1n) is 11.4. The number of nitrogens with two attached hydrogens (primary N) is 1. The Morgan fingerprint density at radius 3 is 2.59 bits per heavy atom. The van der Waals surface area contributed by atoms with Crippen molar-refractivity contribution in [1.29, 1.82) is 0 Å². The summed E-state index contributed by atoms with van der Waals surface area (Å²) in [4.78, 5) is 35.4. The molecule has 0 bridgehead atoms. The zero-order valence-electron chi connectivity index (χ0n) is 18.5. The monoisotopic (exact) mass is 449 g/mol. The van der Waals surface area contributed by atoms with Gasteiger partial charge in [-0.05, 0) is 51.9 Å². The lowest BCUT2D eigenvalue weighted by Crippen LogP contribution is -2.40. The summed E-state index contributed by atoms with van der Waals surface area (Å²) in [5.41, 5.74) is 11.1. The van der Waals surface area contributed by atoms with E-state index in [0.29, 0.717) is 18.9 Å². The standard InChI is InChI=1S/C27H23N5O2/c28-26(33)22-12-24(30-15-29-22)31-23-14-32(13-18-4-1-2-6-19(18)23)27(34)21-11-10-17-9-8-16-5-3-7-20(21)25(16)17/h1-7,10-12,15,23H,8-9,13-14H2,(H2,28,33)(H,29,30,31). The Morgan fingerprint density at radius 1 is 0.941 bits per heavy atom. The minimum atomic E-state index is -0.613. The van der Waals surface area contributed by atoms with Crippen LogP contribution in [0.25, 0.3) is 10.8 Å². The maximum absolute atomic E-state index is 13.8. The summed E-state index contributed by atoms with van der Waals surface area (Å²) in [6.07, 6.45) is 3.37. The van der Waals surface area contributed by atoms with Crippen LogP contribution in [0.1, 0.15) is 49.1 Å². The van der Waals surface area contributed by atoms with Gasteiger partial charge in [0.1, 0.15) is 17.8 Å². The average molecular weight is 450 g/mol. The van der Waals surface area contributed by atoms with Crippen molar-refractivity contribution in [3.63, 3.8) is 0 Å². The Morgan fingerprint density at radius 2 is 1.74 bits per heavy atom. The smallest absolute Gasteiger partial charge is 0.267 e. The lowest BCUT2D eigenvalue weighted by molar-refractivity contribution is 0.0724. The van der Waals surface area contributed by atoms with Gasteiger partial charge in [-0.3, -0.25) is 9.59 Å². The minimum absolute atomic E-state index is 0.0115. The van der Waals surface area contributed by atoms with Crippen LogP contribution in [0.15, 0.2) is 67.0 Å². The first-order chi connectivity index (χ1) is 16.6. The lowest BCUT2D eigenvalue weighted by Gasteiger charge is -2.35. The number of hydrogen-bond acceptors (Lipinski definition) is 5. The highest BCUT2D eigenvalue weighted by Gasteiger charge is 2.30. The van der Waals surface area contributed by atoms with Crippen LogP contribution in [-0.4, -0.2) is 33.2 Å². The molecule has 1 aromatic heterocycles. The molecule has 1 atom stereocenters. The number of carbonyl (C=O) groups is 2. The van der Waals surface area contributed by atoms with E-state index in [2.05, 4.69) is 39.6 Å². The highest BCUT2D eigenvalue weighted by atomic mass is 16.2. The Kier molecular flexibility index (Phi) is 4.76. The molecule has 0 saturated heterocycles. The van der Waals surface area contributed by atoms with Gasteiger partial charge in [0, 0.05) is 24.7 Å². The van der Waals surface area contributed by atoms with Crippen molar-refractivity contribution in [3.05, 3.63) is 101 Å². The fraction of sp³-hybridized carbons (Fsp3) is 0.185. The van der Waals surface area contributed by atoms with E-state index in [1.165, 1.54) is 28.9 Å². The highest BCUT2D eigenvalue weighted by Crippen LogP contribution is 2.35. The Bertz CT molecular complexity index is 1450. The van der Waals surface area contributed by atoms with Gasteiger partial charge in [0.15, 0.2) is 0 Å². The molecule has 4 aromatic rings. The van der Waals surface area contributed by atoms with Crippen LogP contribution in [0, 0.1) is 0 Å². The summed E-state index contributed by atoms with van der Waals surface area (Å²) >= 11 is 0. The number of aryl methyl sites for hydroxylation is 2. The minimum Gasteiger partial charge on any atom is -0.364 e. The summed E-state index contributed by atoms with van der Waals surface area (Å²) in [6.45, 7) is 1.00. The molecule has 7 nitrogen and oxygen atoms in total. The van der Waals surface area contributed by atoms with Crippen molar-refractivity contribution in [2.24, 2.45) is 5.73 Å². The average Bonchev–Trinajstić information content (AvgIpc) is 3.29. The summed E-state index contributed by atoms with van der Waals surface area (Å²) in [6, 6.07) is 19.8. The summed E-state index contributed by atoms with van der Waals surface area (Å²) < 4.78 is 0. The van der Waals surface area contributed by atoms with Crippen molar-refractivity contribution < 1.29 is 9.59 Å². The molecule has 0 saturated carbocycles. The predicted octanol–water partition coefficient (Wildman–Crippen LogP) is 3.64. The molecule has 0 radical (unpaired) electrons. The molecule has 3 aromatic carbocycles. The summed E-state index contributed by atoms with van der Waals surface area (Å²) in [5, 5.41) is 5.65. The number of anilines is 1. The second kappa shape index (κ2) is 7.95. The number of rotatable bonds is 4. The second-order valence-corrected chi connectivity index (χ2v) is 8.85. The van der Waals surface area contributed by atoms with E-state index in [4.69, 9.17) is 5.73 Å². The molecule has 2 amide bonds. The van der Waals surface area contributed by atoms with Crippen LogP contribution >= 0.6 is 0 Å². The SMILES string of the molecule is NC(=O)c1cc(NC2CN(C(=O)c3ccc4c5c(cccc35)CC4)Cc3ccccc32)ncn1. The number of nitrogens with zero attached hydrogens (tertiary/aromatic N) is 3. The fourth-order valence-corrected chi connectivity index (χ4v) is 5.24. The van der Waals surface area contributed by atoms with Gasteiger partial charge in [-0.15, -0.1) is 0 Å². The normalized spacial score (nSPS) is 16.4. The topological polar surface area (TPSA) is 101 Å². The van der Waals surface area contributed by atoms with Gasteiger partial charge >= 0.3 is 0 Å². The van der Waals surface area contributed by atoms with Crippen molar-refractivity contribution in [2.45, 2.75) is 25.4 Å². The quantitative estimate of drug-likeness (QED) is 0.495. The van der Waals surface area contributed by atoms with Gasteiger partial charge in [-0.2, -0.15) is 0 Å². The molecule has 168 valence electrons. The van der Waals surface area contributed by atoms with Gasteiger partial charge in [0.05, 0.1) is 6.04 Å². The molecule has 3 N–H and O–H groups in total. The van der Waals surface area contributed by atoms with Crippen LogP contribution in [0.3, 0.4) is 0 Å². The van der Waals surface area contributed by atoms with Gasteiger partial charge in [0.2, 0.25) is 0 Å². The number of carbonyl (C=O) groups excluding carboxylic acids is 2. The van der Waals surface area contributed by atoms with Crippen LogP contribution in [0.4, 0.5) is 5.82 Å². The van der Waals surface area contributed by atoms with Crippen molar-refractivity contribution in [1.82, 2.24) is 14.9 Å². The van der Waals surface area contributed by atoms with E-state index in [1.807, 2.05) is 35.2 Å². The molecule has 1 aliphatic carbocycles. The maximum atomic E-state index is 13.8. The molecule has 7 heteroatoms. The van der Waals surface area contributed by atoms with Gasteiger partial charge in [-0.1, -0.05) is 48.5 Å². The zero-order chi connectivity index (χ0) is 23.2. The Hall–Kier alpha value is -4.26. The first-order valence-corrected chi connectivity index (χ1v) is 11.4. The van der Waals surface area contributed by atoms with Crippen molar-refractivity contribution in [3.8, 4) is 0 Å². The molecule has 2 aliphatic rings. The van der Waals surface area contributed by atoms with Crippen molar-refractivity contribution >= 4 is 28.4 Å². The summed E-state index contributed by atoms with van der Waals surface area (Å²) in [5.74, 6) is -0.112. The first kappa shape index (κ1) is 20.4. The number of aromatic nitrogens is 2. The molecule has 34 heavy (non-hydrogen) atoms. The second-order valence-electron chi connectivity index (χ2n) is 8.85.